The van der Waals surface area contributed by atoms with Crippen LogP contribution in [0, 0.1) is 5.92 Å². The molecule has 132 valence electrons. The van der Waals surface area contributed by atoms with Crippen molar-refractivity contribution in [3.8, 4) is 0 Å². The van der Waals surface area contributed by atoms with Crippen molar-refractivity contribution in [1.82, 2.24) is 10.2 Å². The number of nitrogens with zero attached hydrogens (tertiary/aromatic N) is 1. The fourth-order valence-electron chi connectivity index (χ4n) is 3.77. The standard InChI is InChI=1S/C18H27N3O3/c1-14-5-2-3-6-15(14)19-17(22)13-20-8-10-21(11-9-20)18(23)16-7-4-12-24-16/h4,7,12,14-15H,2-3,5-6,8-11,13H2,1H3,(H,19,22)/p+1/t14-,15+/m1/s1. The molecule has 2 aliphatic rings. The molecular formula is C18H28N3O3+. The van der Waals surface area contributed by atoms with Gasteiger partial charge in [0.05, 0.1) is 32.4 Å². The number of amides is 2. The number of quaternary nitrogens is 1. The first-order valence-electron chi connectivity index (χ1n) is 9.09. The first-order valence-corrected chi connectivity index (χ1v) is 9.09. The van der Waals surface area contributed by atoms with Crippen LogP contribution in [0.4, 0.5) is 0 Å². The Kier molecular flexibility index (Phi) is 5.56. The first kappa shape index (κ1) is 17.0. The predicted octanol–water partition coefficient (Wildman–Crippen LogP) is 0.315. The molecule has 0 bridgehead atoms. The van der Waals surface area contributed by atoms with E-state index >= 15 is 0 Å². The van der Waals surface area contributed by atoms with Crippen molar-refractivity contribution in [2.45, 2.75) is 38.6 Å². The number of furan rings is 1. The van der Waals surface area contributed by atoms with Crippen molar-refractivity contribution in [3.05, 3.63) is 24.2 Å². The number of rotatable bonds is 4. The third-order valence-corrected chi connectivity index (χ3v) is 5.36. The lowest BCUT2D eigenvalue weighted by Gasteiger charge is -2.33. The van der Waals surface area contributed by atoms with Crippen molar-refractivity contribution in [2.75, 3.05) is 32.7 Å². The van der Waals surface area contributed by atoms with E-state index in [2.05, 4.69) is 12.2 Å². The maximum atomic E-state index is 12.3. The van der Waals surface area contributed by atoms with Gasteiger partial charge < -0.3 is 19.5 Å². The van der Waals surface area contributed by atoms with Crippen LogP contribution in [0.3, 0.4) is 0 Å². The molecule has 6 nitrogen and oxygen atoms in total. The number of hydrogen-bond donors (Lipinski definition) is 2. The first-order chi connectivity index (χ1) is 11.6. The fourth-order valence-corrected chi connectivity index (χ4v) is 3.77. The number of hydrogen-bond acceptors (Lipinski definition) is 3. The van der Waals surface area contributed by atoms with E-state index in [0.717, 1.165) is 19.5 Å². The summed E-state index contributed by atoms with van der Waals surface area (Å²) < 4.78 is 5.17. The van der Waals surface area contributed by atoms with Crippen molar-refractivity contribution in [1.29, 1.82) is 0 Å². The Morgan fingerprint density at radius 1 is 1.29 bits per heavy atom. The summed E-state index contributed by atoms with van der Waals surface area (Å²) in [6.07, 6.45) is 6.34. The molecule has 2 atom stereocenters. The van der Waals surface area contributed by atoms with E-state index in [0.29, 0.717) is 37.4 Å². The summed E-state index contributed by atoms with van der Waals surface area (Å²) in [5.41, 5.74) is 0. The maximum absolute atomic E-state index is 12.3. The van der Waals surface area contributed by atoms with Gasteiger partial charge in [0, 0.05) is 6.04 Å². The molecule has 3 rings (SSSR count). The Morgan fingerprint density at radius 3 is 2.71 bits per heavy atom. The summed E-state index contributed by atoms with van der Waals surface area (Å²) in [6.45, 7) is 5.69. The number of piperazine rings is 1. The van der Waals surface area contributed by atoms with Crippen LogP contribution in [0.5, 0.6) is 0 Å². The molecule has 1 aliphatic carbocycles. The van der Waals surface area contributed by atoms with Crippen LogP contribution in [-0.2, 0) is 4.79 Å². The second-order valence-corrected chi connectivity index (χ2v) is 7.13. The molecule has 24 heavy (non-hydrogen) atoms. The monoisotopic (exact) mass is 334 g/mol. The van der Waals surface area contributed by atoms with Gasteiger partial charge in [-0.1, -0.05) is 19.8 Å². The van der Waals surface area contributed by atoms with Crippen LogP contribution in [-0.4, -0.2) is 55.5 Å². The van der Waals surface area contributed by atoms with E-state index in [1.807, 2.05) is 4.90 Å². The van der Waals surface area contributed by atoms with Gasteiger partial charge in [-0.2, -0.15) is 0 Å². The Hall–Kier alpha value is -1.82. The van der Waals surface area contributed by atoms with Crippen molar-refractivity contribution >= 4 is 11.8 Å². The molecule has 2 amide bonds. The number of carbonyl (C=O) groups is 2. The van der Waals surface area contributed by atoms with Gasteiger partial charge in [0.15, 0.2) is 12.3 Å². The highest BCUT2D eigenvalue weighted by Gasteiger charge is 2.28. The third kappa shape index (κ3) is 4.17. The van der Waals surface area contributed by atoms with Crippen LogP contribution in [0.2, 0.25) is 0 Å². The van der Waals surface area contributed by atoms with Gasteiger partial charge in [-0.05, 0) is 30.9 Å². The van der Waals surface area contributed by atoms with E-state index < -0.39 is 0 Å². The molecule has 2 heterocycles. The van der Waals surface area contributed by atoms with Crippen LogP contribution in [0.1, 0.15) is 43.2 Å². The van der Waals surface area contributed by atoms with Gasteiger partial charge in [-0.15, -0.1) is 0 Å². The normalized spacial score (nSPS) is 25.5. The highest BCUT2D eigenvalue weighted by atomic mass is 16.3. The van der Waals surface area contributed by atoms with Gasteiger partial charge in [0.1, 0.15) is 0 Å². The Balaban J connectivity index is 1.42. The lowest BCUT2D eigenvalue weighted by molar-refractivity contribution is -0.896. The maximum Gasteiger partial charge on any atom is 0.289 e. The van der Waals surface area contributed by atoms with Crippen LogP contribution in [0.25, 0.3) is 0 Å². The Bertz CT molecular complexity index is 550. The molecule has 1 saturated heterocycles. The second-order valence-electron chi connectivity index (χ2n) is 7.13. The zero-order valence-corrected chi connectivity index (χ0v) is 14.4. The SMILES string of the molecule is C[C@@H]1CCCC[C@@H]1NC(=O)C[NH+]1CCN(C(=O)c2ccco2)CC1. The van der Waals surface area contributed by atoms with Gasteiger partial charge in [-0.3, -0.25) is 9.59 Å². The molecule has 1 aromatic rings. The average Bonchev–Trinajstić information content (AvgIpc) is 3.11. The predicted molar refractivity (Wildman–Crippen MR) is 89.7 cm³/mol. The van der Waals surface area contributed by atoms with Gasteiger partial charge in [0.2, 0.25) is 0 Å². The third-order valence-electron chi connectivity index (χ3n) is 5.36. The van der Waals surface area contributed by atoms with Crippen LogP contribution >= 0.6 is 0 Å². The minimum absolute atomic E-state index is 0.0560. The van der Waals surface area contributed by atoms with Crippen LogP contribution < -0.4 is 10.2 Å². The number of carbonyl (C=O) groups excluding carboxylic acids is 2. The molecule has 0 unspecified atom stereocenters. The summed E-state index contributed by atoms with van der Waals surface area (Å²) >= 11 is 0. The van der Waals surface area contributed by atoms with Crippen LogP contribution in [0.15, 0.2) is 22.8 Å². The molecule has 0 aromatic carbocycles. The molecule has 2 N–H and O–H groups in total. The van der Waals surface area contributed by atoms with E-state index in [-0.39, 0.29) is 11.8 Å². The summed E-state index contributed by atoms with van der Waals surface area (Å²) in [5.74, 6) is 1.07. The molecule has 0 radical (unpaired) electrons. The van der Waals surface area contributed by atoms with Crippen molar-refractivity contribution in [3.63, 3.8) is 0 Å². The smallest absolute Gasteiger partial charge is 0.289 e. The second kappa shape index (κ2) is 7.83. The Labute approximate surface area is 143 Å². The largest absolute Gasteiger partial charge is 0.459 e. The summed E-state index contributed by atoms with van der Waals surface area (Å²) in [6, 6.07) is 3.76. The van der Waals surface area contributed by atoms with Crippen molar-refractivity contribution in [2.24, 2.45) is 5.92 Å². The summed E-state index contributed by atoms with van der Waals surface area (Å²) in [7, 11) is 0. The lowest BCUT2D eigenvalue weighted by Crippen LogP contribution is -3.16. The summed E-state index contributed by atoms with van der Waals surface area (Å²) in [4.78, 5) is 27.6. The molecule has 6 heteroatoms. The van der Waals surface area contributed by atoms with E-state index in [1.165, 1.54) is 30.4 Å². The highest BCUT2D eigenvalue weighted by Crippen LogP contribution is 2.23. The van der Waals surface area contributed by atoms with Gasteiger partial charge in [0.25, 0.3) is 11.8 Å². The minimum atomic E-state index is -0.0560. The molecule has 0 spiro atoms. The molecule has 1 aromatic heterocycles. The average molecular weight is 334 g/mol. The zero-order valence-electron chi connectivity index (χ0n) is 14.4. The molecule has 1 aliphatic heterocycles. The molecular weight excluding hydrogens is 306 g/mol. The van der Waals surface area contributed by atoms with Gasteiger partial charge >= 0.3 is 0 Å². The summed E-state index contributed by atoms with van der Waals surface area (Å²) in [5, 5.41) is 3.22. The highest BCUT2D eigenvalue weighted by molar-refractivity contribution is 5.91. The zero-order chi connectivity index (χ0) is 16.9. The van der Waals surface area contributed by atoms with E-state index in [4.69, 9.17) is 4.42 Å². The molecule has 1 saturated carbocycles. The molecule has 2 fully saturated rings. The van der Waals surface area contributed by atoms with E-state index in [9.17, 15) is 9.59 Å². The topological polar surface area (TPSA) is 67.0 Å². The minimum Gasteiger partial charge on any atom is -0.459 e. The quantitative estimate of drug-likeness (QED) is 0.833. The van der Waals surface area contributed by atoms with Crippen molar-refractivity contribution < 1.29 is 18.9 Å². The van der Waals surface area contributed by atoms with E-state index in [1.54, 1.807) is 12.1 Å². The Morgan fingerprint density at radius 2 is 2.04 bits per heavy atom. The van der Waals surface area contributed by atoms with Gasteiger partial charge in [-0.25, -0.2) is 0 Å². The number of nitrogens with one attached hydrogen (secondary N) is 2. The lowest BCUT2D eigenvalue weighted by atomic mass is 9.86. The fraction of sp³-hybridized carbons (Fsp3) is 0.667.